The number of nitrogens with zero attached hydrogens (tertiary/aromatic N) is 2. The second kappa shape index (κ2) is 4.82. The minimum Gasteiger partial charge on any atom is -0.481 e. The number of carboxylic acid groups (broad SMARTS) is 1. The van der Waals surface area contributed by atoms with Gasteiger partial charge in [-0.15, -0.1) is 0 Å². The van der Waals surface area contributed by atoms with Crippen LogP contribution < -0.4 is 5.32 Å². The number of rotatable bonds is 4. The number of carboxylic acids is 1. The van der Waals surface area contributed by atoms with Gasteiger partial charge in [-0.05, 0) is 6.07 Å². The number of hydrogen-bond acceptors (Lipinski definition) is 4. The van der Waals surface area contributed by atoms with Crippen molar-refractivity contribution in [1.29, 1.82) is 5.26 Å². The maximum atomic E-state index is 10.2. The number of carbonyl (C=O) groups is 1. The smallest absolute Gasteiger partial charge is 0.305 e. The van der Waals surface area contributed by atoms with Gasteiger partial charge < -0.3 is 10.4 Å². The van der Waals surface area contributed by atoms with E-state index in [2.05, 4.69) is 10.3 Å². The molecule has 2 N–H and O–H groups in total. The molecule has 0 radical (unpaired) electrons. The summed E-state index contributed by atoms with van der Waals surface area (Å²) in [6.45, 7) is 0.287. The van der Waals surface area contributed by atoms with Gasteiger partial charge in [0.25, 0.3) is 0 Å². The topological polar surface area (TPSA) is 86.0 Å². The molecule has 0 unspecified atom stereocenters. The normalized spacial score (nSPS) is 9.07. The third kappa shape index (κ3) is 2.75. The molecule has 72 valence electrons. The highest BCUT2D eigenvalue weighted by Gasteiger charge is 2.01. The van der Waals surface area contributed by atoms with Gasteiger partial charge in [0.1, 0.15) is 6.07 Å². The van der Waals surface area contributed by atoms with E-state index in [4.69, 9.17) is 10.4 Å². The molecule has 1 heterocycles. The number of nitriles is 1. The first-order chi connectivity index (χ1) is 6.74. The van der Waals surface area contributed by atoms with Crippen LogP contribution in [0, 0.1) is 11.3 Å². The van der Waals surface area contributed by atoms with Crippen LogP contribution in [0.1, 0.15) is 12.0 Å². The molecule has 0 atom stereocenters. The number of aromatic nitrogens is 1. The average molecular weight is 191 g/mol. The molecule has 5 heteroatoms. The molecule has 0 fully saturated rings. The zero-order chi connectivity index (χ0) is 10.4. The fraction of sp³-hybridized carbons (Fsp3) is 0.222. The van der Waals surface area contributed by atoms with Crippen molar-refractivity contribution in [3.8, 4) is 6.07 Å². The molecule has 14 heavy (non-hydrogen) atoms. The molecule has 0 spiro atoms. The van der Waals surface area contributed by atoms with Gasteiger partial charge in [0.15, 0.2) is 0 Å². The molecule has 0 saturated heterocycles. The maximum Gasteiger partial charge on any atom is 0.305 e. The van der Waals surface area contributed by atoms with Crippen molar-refractivity contribution in [1.82, 2.24) is 4.98 Å². The second-order valence-electron chi connectivity index (χ2n) is 2.60. The number of hydrogen-bond donors (Lipinski definition) is 2. The number of nitrogens with one attached hydrogen (secondary N) is 1. The second-order valence-corrected chi connectivity index (χ2v) is 2.60. The van der Waals surface area contributed by atoms with Gasteiger partial charge in [-0.25, -0.2) is 0 Å². The van der Waals surface area contributed by atoms with E-state index in [1.807, 2.05) is 6.07 Å². The highest BCUT2D eigenvalue weighted by molar-refractivity contribution is 5.67. The molecule has 1 rings (SSSR count). The molecule has 0 amide bonds. The minimum atomic E-state index is -0.875. The van der Waals surface area contributed by atoms with Crippen molar-refractivity contribution >= 4 is 11.7 Å². The molecule has 0 aliphatic rings. The Morgan fingerprint density at radius 1 is 1.71 bits per heavy atom. The van der Waals surface area contributed by atoms with Crippen LogP contribution in [-0.4, -0.2) is 22.6 Å². The Kier molecular flexibility index (Phi) is 3.44. The summed E-state index contributed by atoms with van der Waals surface area (Å²) >= 11 is 0. The Morgan fingerprint density at radius 2 is 2.50 bits per heavy atom. The standard InChI is InChI=1S/C9H9N3O2/c10-5-7-1-3-11-6-8(7)12-4-2-9(13)14/h1,3,6,12H,2,4H2,(H,13,14). The van der Waals surface area contributed by atoms with Crippen LogP contribution in [0.4, 0.5) is 5.69 Å². The Labute approximate surface area is 81.0 Å². The van der Waals surface area contributed by atoms with E-state index in [1.54, 1.807) is 6.07 Å². The van der Waals surface area contributed by atoms with Gasteiger partial charge >= 0.3 is 5.97 Å². The zero-order valence-corrected chi connectivity index (χ0v) is 7.40. The van der Waals surface area contributed by atoms with E-state index in [0.717, 1.165) is 0 Å². The van der Waals surface area contributed by atoms with Crippen molar-refractivity contribution in [3.63, 3.8) is 0 Å². The molecule has 0 aromatic carbocycles. The molecular weight excluding hydrogens is 182 g/mol. The fourth-order valence-electron chi connectivity index (χ4n) is 0.937. The third-order valence-corrected chi connectivity index (χ3v) is 1.60. The molecule has 5 nitrogen and oxygen atoms in total. The summed E-state index contributed by atoms with van der Waals surface area (Å²) < 4.78 is 0. The van der Waals surface area contributed by atoms with Crippen molar-refractivity contribution in [2.24, 2.45) is 0 Å². The quantitative estimate of drug-likeness (QED) is 0.736. The number of pyridine rings is 1. The summed E-state index contributed by atoms with van der Waals surface area (Å²) in [7, 11) is 0. The molecular formula is C9H9N3O2. The van der Waals surface area contributed by atoms with Gasteiger partial charge in [-0.2, -0.15) is 5.26 Å². The average Bonchev–Trinajstić information content (AvgIpc) is 2.18. The van der Waals surface area contributed by atoms with Gasteiger partial charge in [0.2, 0.25) is 0 Å². The van der Waals surface area contributed by atoms with E-state index >= 15 is 0 Å². The Hall–Kier alpha value is -2.09. The summed E-state index contributed by atoms with van der Waals surface area (Å²) in [5.41, 5.74) is 1.03. The third-order valence-electron chi connectivity index (χ3n) is 1.60. The SMILES string of the molecule is N#Cc1ccncc1NCCC(=O)O. The van der Waals surface area contributed by atoms with Gasteiger partial charge in [-0.1, -0.05) is 0 Å². The van der Waals surface area contributed by atoms with E-state index in [0.29, 0.717) is 11.3 Å². The molecule has 0 aliphatic carbocycles. The molecule has 1 aromatic rings. The van der Waals surface area contributed by atoms with Gasteiger partial charge in [0, 0.05) is 12.7 Å². The maximum absolute atomic E-state index is 10.2. The van der Waals surface area contributed by atoms with Crippen LogP contribution in [0.15, 0.2) is 18.5 Å². The lowest BCUT2D eigenvalue weighted by Gasteiger charge is -2.04. The lowest BCUT2D eigenvalue weighted by molar-refractivity contribution is -0.136. The van der Waals surface area contributed by atoms with Crippen LogP contribution in [0.5, 0.6) is 0 Å². The first-order valence-electron chi connectivity index (χ1n) is 4.04. The van der Waals surface area contributed by atoms with Gasteiger partial charge in [-0.3, -0.25) is 9.78 Å². The summed E-state index contributed by atoms with van der Waals surface area (Å²) in [5.74, 6) is -0.875. The van der Waals surface area contributed by atoms with Crippen molar-refractivity contribution in [3.05, 3.63) is 24.0 Å². The van der Waals surface area contributed by atoms with Crippen LogP contribution >= 0.6 is 0 Å². The Morgan fingerprint density at radius 3 is 3.14 bits per heavy atom. The van der Waals surface area contributed by atoms with E-state index in [-0.39, 0.29) is 13.0 Å². The van der Waals surface area contributed by atoms with E-state index in [1.165, 1.54) is 12.4 Å². The fourth-order valence-corrected chi connectivity index (χ4v) is 0.937. The largest absolute Gasteiger partial charge is 0.481 e. The predicted octanol–water partition coefficient (Wildman–Crippen LogP) is 0.840. The van der Waals surface area contributed by atoms with E-state index < -0.39 is 5.97 Å². The minimum absolute atomic E-state index is 0.0137. The van der Waals surface area contributed by atoms with Crippen LogP contribution in [0.25, 0.3) is 0 Å². The summed E-state index contributed by atoms with van der Waals surface area (Å²) in [4.78, 5) is 14.1. The summed E-state index contributed by atoms with van der Waals surface area (Å²) in [6, 6.07) is 3.56. The molecule has 1 aromatic heterocycles. The lowest BCUT2D eigenvalue weighted by Crippen LogP contribution is -2.08. The number of anilines is 1. The zero-order valence-electron chi connectivity index (χ0n) is 7.40. The van der Waals surface area contributed by atoms with Crippen molar-refractivity contribution < 1.29 is 9.90 Å². The van der Waals surface area contributed by atoms with Crippen molar-refractivity contribution in [2.45, 2.75) is 6.42 Å². The van der Waals surface area contributed by atoms with Crippen LogP contribution in [0.3, 0.4) is 0 Å². The van der Waals surface area contributed by atoms with Crippen molar-refractivity contribution in [2.75, 3.05) is 11.9 Å². The number of aliphatic carboxylic acids is 1. The molecule has 0 bridgehead atoms. The first kappa shape index (κ1) is 9.99. The first-order valence-corrected chi connectivity index (χ1v) is 4.04. The Balaban J connectivity index is 2.59. The summed E-state index contributed by atoms with van der Waals surface area (Å²) in [5, 5.41) is 19.9. The highest BCUT2D eigenvalue weighted by atomic mass is 16.4. The predicted molar refractivity (Wildman–Crippen MR) is 49.7 cm³/mol. The van der Waals surface area contributed by atoms with Crippen LogP contribution in [-0.2, 0) is 4.79 Å². The Bertz CT molecular complexity index is 371. The lowest BCUT2D eigenvalue weighted by atomic mass is 10.2. The molecule has 0 saturated carbocycles. The van der Waals surface area contributed by atoms with Gasteiger partial charge in [0.05, 0.1) is 23.9 Å². The summed E-state index contributed by atoms with van der Waals surface area (Å²) in [6.07, 6.45) is 3.03. The molecule has 0 aliphatic heterocycles. The van der Waals surface area contributed by atoms with E-state index in [9.17, 15) is 4.79 Å². The van der Waals surface area contributed by atoms with Crippen LogP contribution in [0.2, 0.25) is 0 Å². The highest BCUT2D eigenvalue weighted by Crippen LogP contribution is 2.11. The monoisotopic (exact) mass is 191 g/mol.